The average Bonchev–Trinajstić information content (AvgIpc) is 3.03. The van der Waals surface area contributed by atoms with Gasteiger partial charge in [0.05, 0.1) is 29.7 Å². The lowest BCUT2D eigenvalue weighted by atomic mass is 9.88. The van der Waals surface area contributed by atoms with Crippen molar-refractivity contribution < 1.29 is 31.5 Å². The normalized spacial score (nSPS) is 20.1. The van der Waals surface area contributed by atoms with E-state index < -0.39 is 42.7 Å². The highest BCUT2D eigenvalue weighted by molar-refractivity contribution is 5.91. The molecule has 6 nitrogen and oxygen atoms in total. The van der Waals surface area contributed by atoms with E-state index in [1.54, 1.807) is 20.8 Å². The first-order valence-electron chi connectivity index (χ1n) is 8.46. The van der Waals surface area contributed by atoms with E-state index in [4.69, 9.17) is 4.74 Å². The lowest BCUT2D eigenvalue weighted by Crippen LogP contribution is -2.46. The smallest absolute Gasteiger partial charge is 0.414 e. The highest BCUT2D eigenvalue weighted by Crippen LogP contribution is 2.50. The maximum absolute atomic E-state index is 14.0. The third-order valence-corrected chi connectivity index (χ3v) is 4.41. The molecule has 1 amide bonds. The molecule has 0 saturated carbocycles. The molecular weight excluding hydrogens is 387 g/mol. The molecule has 0 radical (unpaired) electrons. The third-order valence-electron chi connectivity index (χ3n) is 4.41. The minimum absolute atomic E-state index is 0.00378. The van der Waals surface area contributed by atoms with E-state index in [-0.39, 0.29) is 22.7 Å². The quantitative estimate of drug-likeness (QED) is 0.705. The number of hydrogen-bond acceptors (Lipinski definition) is 4. The molecule has 0 aliphatic carbocycles. The zero-order valence-electron chi connectivity index (χ0n) is 15.6. The van der Waals surface area contributed by atoms with Crippen LogP contribution in [-0.2, 0) is 16.6 Å². The average molecular weight is 406 g/mol. The first-order chi connectivity index (χ1) is 12.7. The van der Waals surface area contributed by atoms with Crippen molar-refractivity contribution in [3.8, 4) is 0 Å². The van der Waals surface area contributed by atoms with Gasteiger partial charge >= 0.3 is 12.3 Å². The van der Waals surface area contributed by atoms with Gasteiger partial charge in [0.2, 0.25) is 6.43 Å². The number of fused-ring (bicyclic) bond motifs is 3. The molecule has 0 bridgehead atoms. The van der Waals surface area contributed by atoms with Gasteiger partial charge in [-0.3, -0.25) is 4.90 Å². The van der Waals surface area contributed by atoms with Crippen molar-refractivity contribution in [1.29, 1.82) is 0 Å². The van der Waals surface area contributed by atoms with Crippen molar-refractivity contribution >= 4 is 17.4 Å². The second-order valence-corrected chi connectivity index (χ2v) is 7.89. The van der Waals surface area contributed by atoms with E-state index in [1.807, 2.05) is 0 Å². The van der Waals surface area contributed by atoms with Crippen LogP contribution in [0.1, 0.15) is 39.1 Å². The summed E-state index contributed by atoms with van der Waals surface area (Å²) in [5.74, 6) is 0. The van der Waals surface area contributed by atoms with Crippen LogP contribution in [0.4, 0.5) is 32.4 Å². The van der Waals surface area contributed by atoms with Gasteiger partial charge in [-0.1, -0.05) is 0 Å². The standard InChI is InChI=1S/C17H19F5N4O2/c1-15(2,3)28-14(27)25-8-16(4,17(20,21)22)13-10(25)7-23-12-6-9(5-11(18)19)24-26(12)13/h6-7,11H,5,8H2,1-4H3. The molecule has 0 saturated heterocycles. The van der Waals surface area contributed by atoms with Crippen LogP contribution in [0, 0.1) is 0 Å². The Morgan fingerprint density at radius 2 is 1.96 bits per heavy atom. The Labute approximate surface area is 157 Å². The Hall–Kier alpha value is -2.46. The predicted molar refractivity (Wildman–Crippen MR) is 89.7 cm³/mol. The number of ether oxygens (including phenoxy) is 1. The summed E-state index contributed by atoms with van der Waals surface area (Å²) in [5, 5.41) is 3.90. The Kier molecular flexibility index (Phi) is 4.55. The minimum atomic E-state index is -4.73. The van der Waals surface area contributed by atoms with Crippen LogP contribution in [-0.4, -0.2) is 45.4 Å². The Morgan fingerprint density at radius 1 is 1.32 bits per heavy atom. The van der Waals surface area contributed by atoms with E-state index in [2.05, 4.69) is 10.1 Å². The maximum Gasteiger partial charge on any atom is 0.414 e. The number of aromatic nitrogens is 3. The Balaban J connectivity index is 2.18. The number of rotatable bonds is 2. The maximum atomic E-state index is 14.0. The lowest BCUT2D eigenvalue weighted by molar-refractivity contribution is -0.181. The van der Waals surface area contributed by atoms with Gasteiger partial charge < -0.3 is 4.74 Å². The third kappa shape index (κ3) is 3.37. The van der Waals surface area contributed by atoms with Crippen molar-refractivity contribution in [1.82, 2.24) is 14.6 Å². The summed E-state index contributed by atoms with van der Waals surface area (Å²) < 4.78 is 73.4. The molecule has 2 aromatic heterocycles. The van der Waals surface area contributed by atoms with Crippen LogP contribution in [0.3, 0.4) is 0 Å². The highest BCUT2D eigenvalue weighted by Gasteiger charge is 2.61. The molecule has 3 rings (SSSR count). The van der Waals surface area contributed by atoms with E-state index >= 15 is 0 Å². The number of nitrogens with zero attached hydrogens (tertiary/aromatic N) is 4. The molecule has 11 heteroatoms. The zero-order chi connectivity index (χ0) is 21.1. The second kappa shape index (κ2) is 6.28. The molecule has 1 aliphatic rings. The number of anilines is 1. The predicted octanol–water partition coefficient (Wildman–Crippen LogP) is 4.11. The number of halogens is 5. The van der Waals surface area contributed by atoms with Gasteiger partial charge in [-0.15, -0.1) is 0 Å². The number of carbonyl (C=O) groups is 1. The second-order valence-electron chi connectivity index (χ2n) is 7.89. The molecule has 1 atom stereocenters. The van der Waals surface area contributed by atoms with Gasteiger partial charge in [0.25, 0.3) is 0 Å². The first kappa shape index (κ1) is 20.3. The molecule has 2 aromatic rings. The molecule has 0 aromatic carbocycles. The van der Waals surface area contributed by atoms with Crippen LogP contribution >= 0.6 is 0 Å². The lowest BCUT2D eigenvalue weighted by Gasteiger charge is -2.29. The van der Waals surface area contributed by atoms with Gasteiger partial charge in [-0.2, -0.15) is 18.3 Å². The largest absolute Gasteiger partial charge is 0.443 e. The van der Waals surface area contributed by atoms with E-state index in [9.17, 15) is 26.7 Å². The Morgan fingerprint density at radius 3 is 2.50 bits per heavy atom. The summed E-state index contributed by atoms with van der Waals surface area (Å²) >= 11 is 0. The summed E-state index contributed by atoms with van der Waals surface area (Å²) in [6.07, 6.45) is -7.99. The van der Waals surface area contributed by atoms with Crippen LogP contribution in [0.25, 0.3) is 5.65 Å². The molecule has 0 N–H and O–H groups in total. The van der Waals surface area contributed by atoms with Crippen molar-refractivity contribution in [3.63, 3.8) is 0 Å². The minimum Gasteiger partial charge on any atom is -0.443 e. The van der Waals surface area contributed by atoms with E-state index in [0.29, 0.717) is 0 Å². The highest BCUT2D eigenvalue weighted by atomic mass is 19.4. The molecule has 1 unspecified atom stereocenters. The van der Waals surface area contributed by atoms with Gasteiger partial charge in [0.15, 0.2) is 5.65 Å². The molecule has 0 spiro atoms. The number of hydrogen-bond donors (Lipinski definition) is 0. The van der Waals surface area contributed by atoms with Gasteiger partial charge in [0.1, 0.15) is 11.0 Å². The zero-order valence-corrected chi connectivity index (χ0v) is 15.6. The van der Waals surface area contributed by atoms with Crippen LogP contribution in [0.2, 0.25) is 0 Å². The Bertz CT molecular complexity index is 919. The molecule has 0 fully saturated rings. The SMILES string of the molecule is CC(C)(C)OC(=O)N1CC(C)(C(F)(F)F)c2c1cnc1cc(CC(F)F)nn21. The van der Waals surface area contributed by atoms with Gasteiger partial charge in [0, 0.05) is 12.6 Å². The topological polar surface area (TPSA) is 59.7 Å². The summed E-state index contributed by atoms with van der Waals surface area (Å²) in [7, 11) is 0. The van der Waals surface area contributed by atoms with Crippen LogP contribution < -0.4 is 4.90 Å². The first-order valence-corrected chi connectivity index (χ1v) is 8.46. The number of alkyl halides is 5. The molecule has 1 aliphatic heterocycles. The molecular formula is C17H19F5N4O2. The van der Waals surface area contributed by atoms with Crippen molar-refractivity contribution in [2.45, 2.75) is 57.7 Å². The van der Waals surface area contributed by atoms with E-state index in [0.717, 1.165) is 22.5 Å². The van der Waals surface area contributed by atoms with Crippen molar-refractivity contribution in [2.24, 2.45) is 0 Å². The van der Waals surface area contributed by atoms with Crippen molar-refractivity contribution in [3.05, 3.63) is 23.7 Å². The fourth-order valence-corrected chi connectivity index (χ4v) is 3.12. The van der Waals surface area contributed by atoms with Crippen molar-refractivity contribution in [2.75, 3.05) is 11.4 Å². The summed E-state index contributed by atoms with van der Waals surface area (Å²) in [4.78, 5) is 17.4. The fourth-order valence-electron chi connectivity index (χ4n) is 3.12. The van der Waals surface area contributed by atoms with E-state index in [1.165, 1.54) is 6.07 Å². The monoisotopic (exact) mass is 406 g/mol. The summed E-state index contributed by atoms with van der Waals surface area (Å²) in [5.41, 5.74) is -3.94. The fraction of sp³-hybridized carbons (Fsp3) is 0.588. The molecule has 3 heterocycles. The number of amides is 1. The summed E-state index contributed by atoms with van der Waals surface area (Å²) in [6, 6.07) is 1.21. The van der Waals surface area contributed by atoms with Gasteiger partial charge in [-0.25, -0.2) is 23.1 Å². The van der Waals surface area contributed by atoms with Crippen LogP contribution in [0.15, 0.2) is 12.3 Å². The van der Waals surface area contributed by atoms with Gasteiger partial charge in [-0.05, 0) is 27.7 Å². The molecule has 154 valence electrons. The summed E-state index contributed by atoms with van der Waals surface area (Å²) in [6.45, 7) is 4.99. The number of carbonyl (C=O) groups excluding carboxylic acids is 1. The molecule has 28 heavy (non-hydrogen) atoms. The van der Waals surface area contributed by atoms with Crippen LogP contribution in [0.5, 0.6) is 0 Å².